The van der Waals surface area contributed by atoms with Gasteiger partial charge in [0.2, 0.25) is 17.7 Å². The highest BCUT2D eigenvalue weighted by atomic mass is 32.2. The Balaban J connectivity index is 0.964. The number of hydrogen-bond acceptors (Lipinski definition) is 10. The molecular formula is C36H38N8O4S2. The Morgan fingerprint density at radius 3 is 2.76 bits per heavy atom. The van der Waals surface area contributed by atoms with Crippen molar-refractivity contribution < 1.29 is 14.3 Å². The number of aromatic nitrogens is 5. The maximum atomic E-state index is 13.8. The van der Waals surface area contributed by atoms with Gasteiger partial charge in [0, 0.05) is 72.2 Å². The highest BCUT2D eigenvalue weighted by Gasteiger charge is 2.44. The second kappa shape index (κ2) is 14.2. The molecule has 50 heavy (non-hydrogen) atoms. The minimum Gasteiger partial charge on any atom is -0.475 e. The van der Waals surface area contributed by atoms with E-state index in [4.69, 9.17) is 4.74 Å². The van der Waals surface area contributed by atoms with Crippen LogP contribution in [-0.2, 0) is 9.59 Å². The standard InChI is InChI=1S/C36H38N8O4S2/c1-23(2)48-30-10-6-25(20-37-30)34-27-19-26(7-8-28(27)40-41-34)39-35(47)36(49-3)14-18-42(22-36)21-32(46)43-16-12-24(13-17-43)29-9-11-33(50-29)44-31(45)5-4-15-38-44/h4-12,15,19-20,23H,13-14,16-18,21-22H2,1-3H3,(H,39,47)(H,40,41). The molecule has 0 spiro atoms. The number of thiophene rings is 1. The number of nitrogens with one attached hydrogen (secondary N) is 2. The van der Waals surface area contributed by atoms with Crippen LogP contribution in [0.1, 0.15) is 31.6 Å². The van der Waals surface area contributed by atoms with Gasteiger partial charge in [0.15, 0.2) is 0 Å². The topological polar surface area (TPSA) is 138 Å². The van der Waals surface area contributed by atoms with Crippen molar-refractivity contribution in [2.45, 2.75) is 37.5 Å². The molecule has 5 aromatic rings. The van der Waals surface area contributed by atoms with Gasteiger partial charge in [-0.05, 0) is 81.0 Å². The molecule has 0 radical (unpaired) electrons. The monoisotopic (exact) mass is 710 g/mol. The van der Waals surface area contributed by atoms with Gasteiger partial charge in [0.1, 0.15) is 15.4 Å². The van der Waals surface area contributed by atoms with Crippen LogP contribution >= 0.6 is 23.1 Å². The number of ether oxygens (including phenoxy) is 1. The second-order valence-electron chi connectivity index (χ2n) is 12.7. The molecule has 2 aliphatic rings. The Kier molecular flexibility index (Phi) is 9.58. The third kappa shape index (κ3) is 6.96. The van der Waals surface area contributed by atoms with Crippen molar-refractivity contribution >= 4 is 57.1 Å². The van der Waals surface area contributed by atoms with Gasteiger partial charge >= 0.3 is 0 Å². The summed E-state index contributed by atoms with van der Waals surface area (Å²) in [7, 11) is 0. The normalized spacial score (nSPS) is 18.1. The highest BCUT2D eigenvalue weighted by Crippen LogP contribution is 2.36. The third-order valence-corrected chi connectivity index (χ3v) is 11.5. The van der Waals surface area contributed by atoms with E-state index in [1.165, 1.54) is 39.4 Å². The van der Waals surface area contributed by atoms with Gasteiger partial charge in [-0.1, -0.05) is 6.08 Å². The van der Waals surface area contributed by atoms with Crippen LogP contribution in [0.4, 0.5) is 5.69 Å². The van der Waals surface area contributed by atoms with E-state index >= 15 is 0 Å². The van der Waals surface area contributed by atoms with Gasteiger partial charge in [-0.2, -0.15) is 14.9 Å². The number of H-pyrrole nitrogens is 1. The van der Waals surface area contributed by atoms with Crippen molar-refractivity contribution in [3.63, 3.8) is 0 Å². The summed E-state index contributed by atoms with van der Waals surface area (Å²) >= 11 is 3.05. The summed E-state index contributed by atoms with van der Waals surface area (Å²) in [6.07, 6.45) is 8.80. The fourth-order valence-electron chi connectivity index (χ4n) is 6.37. The molecule has 7 rings (SSSR count). The largest absolute Gasteiger partial charge is 0.475 e. The fraction of sp³-hybridized carbons (Fsp3) is 0.333. The number of pyridine rings is 1. The minimum atomic E-state index is -0.675. The lowest BCUT2D eigenvalue weighted by atomic mass is 10.1. The molecule has 258 valence electrons. The molecule has 2 N–H and O–H groups in total. The summed E-state index contributed by atoms with van der Waals surface area (Å²) in [5, 5.41) is 16.6. The van der Waals surface area contributed by atoms with E-state index < -0.39 is 4.75 Å². The Hall–Kier alpha value is -4.79. The molecule has 1 aromatic carbocycles. The first-order valence-corrected chi connectivity index (χ1v) is 18.6. The first-order valence-electron chi connectivity index (χ1n) is 16.5. The average Bonchev–Trinajstić information content (AvgIpc) is 3.88. The lowest BCUT2D eigenvalue weighted by Crippen LogP contribution is -2.45. The number of thioether (sulfide) groups is 1. The van der Waals surface area contributed by atoms with E-state index in [0.29, 0.717) is 44.2 Å². The first kappa shape index (κ1) is 33.7. The molecule has 6 heterocycles. The van der Waals surface area contributed by atoms with Gasteiger partial charge < -0.3 is 15.0 Å². The zero-order valence-electron chi connectivity index (χ0n) is 28.1. The van der Waals surface area contributed by atoms with Crippen LogP contribution in [-0.4, -0.2) is 96.4 Å². The molecule has 0 aliphatic carbocycles. The minimum absolute atomic E-state index is 0.0324. The lowest BCUT2D eigenvalue weighted by molar-refractivity contribution is -0.132. The first-order chi connectivity index (χ1) is 24.2. The number of likely N-dealkylation sites (tertiary alicyclic amines) is 1. The smallest absolute Gasteiger partial charge is 0.272 e. The second-order valence-corrected chi connectivity index (χ2v) is 15.0. The summed E-state index contributed by atoms with van der Waals surface area (Å²) in [6.45, 7) is 6.47. The molecule has 0 saturated carbocycles. The van der Waals surface area contributed by atoms with Gasteiger partial charge in [0.25, 0.3) is 5.56 Å². The number of anilines is 1. The van der Waals surface area contributed by atoms with E-state index in [2.05, 4.69) is 36.6 Å². The molecule has 2 amide bonds. The summed E-state index contributed by atoms with van der Waals surface area (Å²) in [5.41, 5.74) is 4.12. The number of amides is 2. The molecule has 2 aliphatic heterocycles. The van der Waals surface area contributed by atoms with Gasteiger partial charge in [0.05, 0.1) is 18.2 Å². The van der Waals surface area contributed by atoms with Crippen LogP contribution in [0, 0.1) is 0 Å². The number of nitrogens with zero attached hydrogens (tertiary/aromatic N) is 6. The molecule has 4 aromatic heterocycles. The fourth-order valence-corrected chi connectivity index (χ4v) is 8.26. The van der Waals surface area contributed by atoms with Crippen LogP contribution in [0.25, 0.3) is 32.7 Å². The SMILES string of the molecule is CSC1(C(=O)Nc2ccc3[nH]nc(-c4ccc(OC(C)C)nc4)c3c2)CCN(CC(=O)N2CC=C(c3ccc(-n4ncccc4=O)s3)CC2)C1. The van der Waals surface area contributed by atoms with Gasteiger partial charge in [-0.3, -0.25) is 24.4 Å². The van der Waals surface area contributed by atoms with Crippen LogP contribution in [0.3, 0.4) is 0 Å². The van der Waals surface area contributed by atoms with Gasteiger partial charge in [-0.25, -0.2) is 4.98 Å². The maximum absolute atomic E-state index is 13.8. The van der Waals surface area contributed by atoms with Crippen molar-refractivity contribution in [3.8, 4) is 22.1 Å². The van der Waals surface area contributed by atoms with Crippen molar-refractivity contribution in [2.24, 2.45) is 0 Å². The zero-order valence-corrected chi connectivity index (χ0v) is 29.7. The molecule has 1 fully saturated rings. The predicted octanol–water partition coefficient (Wildman–Crippen LogP) is 5.08. The van der Waals surface area contributed by atoms with Crippen LogP contribution in [0.5, 0.6) is 5.88 Å². The number of aromatic amines is 1. The lowest BCUT2D eigenvalue weighted by Gasteiger charge is -2.29. The van der Waals surface area contributed by atoms with E-state index in [0.717, 1.165) is 38.5 Å². The number of rotatable bonds is 10. The van der Waals surface area contributed by atoms with E-state index in [9.17, 15) is 14.4 Å². The van der Waals surface area contributed by atoms with Crippen LogP contribution in [0.2, 0.25) is 0 Å². The molecular weight excluding hydrogens is 673 g/mol. The molecule has 12 nitrogen and oxygen atoms in total. The third-order valence-electron chi connectivity index (χ3n) is 9.06. The summed E-state index contributed by atoms with van der Waals surface area (Å²) in [5.74, 6) is 0.537. The zero-order chi connectivity index (χ0) is 34.8. The molecule has 1 unspecified atom stereocenters. The van der Waals surface area contributed by atoms with Crippen molar-refractivity contribution in [1.82, 2.24) is 34.8 Å². The summed E-state index contributed by atoms with van der Waals surface area (Å²) in [6, 6.07) is 16.5. The van der Waals surface area contributed by atoms with E-state index in [-0.39, 0.29) is 30.0 Å². The Bertz CT molecular complexity index is 2120. The number of carbonyl (C=O) groups excluding carboxylic acids is 2. The molecule has 1 atom stereocenters. The molecule has 14 heteroatoms. The van der Waals surface area contributed by atoms with E-state index in [1.807, 2.05) is 67.5 Å². The number of benzene rings is 1. The predicted molar refractivity (Wildman–Crippen MR) is 198 cm³/mol. The maximum Gasteiger partial charge on any atom is 0.272 e. The highest BCUT2D eigenvalue weighted by molar-refractivity contribution is 8.00. The van der Waals surface area contributed by atoms with Crippen LogP contribution in [0.15, 0.2) is 77.9 Å². The quantitative estimate of drug-likeness (QED) is 0.203. The Morgan fingerprint density at radius 2 is 2.02 bits per heavy atom. The molecule has 0 bridgehead atoms. The summed E-state index contributed by atoms with van der Waals surface area (Å²) in [4.78, 5) is 48.8. The van der Waals surface area contributed by atoms with Crippen molar-refractivity contribution in [2.75, 3.05) is 44.3 Å². The van der Waals surface area contributed by atoms with Crippen molar-refractivity contribution in [3.05, 3.63) is 88.3 Å². The number of hydrogen-bond donors (Lipinski definition) is 2. The molecule has 1 saturated heterocycles. The Morgan fingerprint density at radius 1 is 1.14 bits per heavy atom. The van der Waals surface area contributed by atoms with Gasteiger partial charge in [-0.15, -0.1) is 23.1 Å². The average molecular weight is 711 g/mol. The number of carbonyl (C=O) groups is 2. The Labute approximate surface area is 297 Å². The summed E-state index contributed by atoms with van der Waals surface area (Å²) < 4.78 is 6.40. The van der Waals surface area contributed by atoms with E-state index in [1.54, 1.807) is 18.5 Å². The van der Waals surface area contributed by atoms with Crippen LogP contribution < -0.4 is 15.6 Å². The van der Waals surface area contributed by atoms with Crippen molar-refractivity contribution in [1.29, 1.82) is 0 Å². The number of fused-ring (bicyclic) bond motifs is 1.